The number of alkyl halides is 3. The number of anilines is 1. The summed E-state index contributed by atoms with van der Waals surface area (Å²) in [7, 11) is -10.3. The van der Waals surface area contributed by atoms with Gasteiger partial charge in [-0.1, -0.05) is 18.2 Å². The third-order valence-corrected chi connectivity index (χ3v) is 9.39. The van der Waals surface area contributed by atoms with Crippen molar-refractivity contribution in [3.63, 3.8) is 0 Å². The first-order chi connectivity index (χ1) is 16.8. The smallest absolute Gasteiger partial charge is 0.393 e. The highest BCUT2D eigenvalue weighted by atomic mass is 32.2. The number of nitrogens with zero attached hydrogens (tertiary/aromatic N) is 1. The van der Waals surface area contributed by atoms with Gasteiger partial charge in [0.2, 0.25) is 10.0 Å². The molecule has 0 radical (unpaired) electrons. The van der Waals surface area contributed by atoms with Crippen LogP contribution >= 0.6 is 11.8 Å². The van der Waals surface area contributed by atoms with Gasteiger partial charge in [-0.3, -0.25) is 0 Å². The van der Waals surface area contributed by atoms with Gasteiger partial charge in [0.1, 0.15) is 4.90 Å². The van der Waals surface area contributed by atoms with E-state index in [1.807, 2.05) is 30.3 Å². The van der Waals surface area contributed by atoms with Gasteiger partial charge >= 0.3 is 5.51 Å². The van der Waals surface area contributed by atoms with Crippen LogP contribution in [-0.4, -0.2) is 69.9 Å². The van der Waals surface area contributed by atoms with Gasteiger partial charge in [0.15, 0.2) is 0 Å². The van der Waals surface area contributed by atoms with E-state index >= 15 is 0 Å². The van der Waals surface area contributed by atoms with Gasteiger partial charge in [-0.05, 0) is 49.6 Å². The monoisotopic (exact) mass is 567 g/mol. The zero-order chi connectivity index (χ0) is 26.6. The summed E-state index contributed by atoms with van der Waals surface area (Å²) in [5.74, 6) is 0.406. The van der Waals surface area contributed by atoms with E-state index in [1.54, 1.807) is 0 Å². The zero-order valence-electron chi connectivity index (χ0n) is 19.2. The predicted molar refractivity (Wildman–Crippen MR) is 132 cm³/mol. The van der Waals surface area contributed by atoms with Gasteiger partial charge in [0.05, 0.1) is 16.7 Å². The van der Waals surface area contributed by atoms with Crippen molar-refractivity contribution in [2.45, 2.75) is 51.6 Å². The maximum absolute atomic E-state index is 13.4. The third-order valence-electron chi connectivity index (χ3n) is 5.78. The number of thioether (sulfide) groups is 1. The van der Waals surface area contributed by atoms with Crippen LogP contribution in [0.2, 0.25) is 0 Å². The van der Waals surface area contributed by atoms with E-state index in [4.69, 9.17) is 5.14 Å². The van der Waals surface area contributed by atoms with Crippen LogP contribution in [0.15, 0.2) is 63.2 Å². The molecule has 0 saturated carbocycles. The van der Waals surface area contributed by atoms with Crippen LogP contribution in [0.3, 0.4) is 0 Å². The average Bonchev–Trinajstić information content (AvgIpc) is 2.81. The first-order valence-corrected chi connectivity index (χ1v) is 15.1. The van der Waals surface area contributed by atoms with Crippen molar-refractivity contribution >= 4 is 37.3 Å². The van der Waals surface area contributed by atoms with E-state index in [9.17, 15) is 35.1 Å². The van der Waals surface area contributed by atoms with Crippen molar-refractivity contribution in [3.8, 4) is 0 Å². The Kier molecular flexibility index (Phi) is 9.33. The van der Waals surface area contributed by atoms with E-state index in [1.165, 1.54) is 11.8 Å². The second kappa shape index (κ2) is 11.7. The summed E-state index contributed by atoms with van der Waals surface area (Å²) in [5, 5.41) is 17.7. The average molecular weight is 568 g/mol. The van der Waals surface area contributed by atoms with Gasteiger partial charge in [-0.2, -0.15) is 13.2 Å². The van der Waals surface area contributed by atoms with Crippen molar-refractivity contribution in [3.05, 3.63) is 48.5 Å². The molecule has 0 unspecified atom stereocenters. The summed E-state index contributed by atoms with van der Waals surface area (Å²) >= 11 is 1.45. The quantitative estimate of drug-likeness (QED) is 0.374. The fourth-order valence-electron chi connectivity index (χ4n) is 3.76. The van der Waals surface area contributed by atoms with Crippen LogP contribution in [0.5, 0.6) is 0 Å². The summed E-state index contributed by atoms with van der Waals surface area (Å²) in [6.45, 7) is 1.93. The molecule has 200 valence electrons. The topological polar surface area (TPSA) is 130 Å². The van der Waals surface area contributed by atoms with Crippen LogP contribution in [0, 0.1) is 0 Å². The number of likely N-dealkylation sites (tertiary alicyclic amines) is 1. The predicted octanol–water partition coefficient (Wildman–Crippen LogP) is 3.05. The zero-order valence-corrected chi connectivity index (χ0v) is 21.6. The first-order valence-electron chi connectivity index (χ1n) is 11.1. The molecule has 2 aromatic carbocycles. The number of rotatable bonds is 10. The molecule has 0 amide bonds. The lowest BCUT2D eigenvalue weighted by atomic mass is 10.1. The number of hydrogen-bond acceptors (Lipinski definition) is 8. The highest BCUT2D eigenvalue weighted by molar-refractivity contribution is 7.99. The summed E-state index contributed by atoms with van der Waals surface area (Å²) in [5.41, 5.74) is -5.99. The Morgan fingerprint density at radius 2 is 1.72 bits per heavy atom. The van der Waals surface area contributed by atoms with Crippen LogP contribution < -0.4 is 10.5 Å². The van der Waals surface area contributed by atoms with Gasteiger partial charge in [-0.15, -0.1) is 11.8 Å². The molecule has 14 heteroatoms. The maximum Gasteiger partial charge on any atom is 0.501 e. The van der Waals surface area contributed by atoms with E-state index < -0.39 is 41.2 Å². The largest absolute Gasteiger partial charge is 0.501 e. The highest BCUT2D eigenvalue weighted by Gasteiger charge is 2.48. The standard InChI is InChI=1S/C22H28F3N3O5S3/c23-22(24,25)35(30,31)21-14-19(36(26,32)33)6-7-20(21)27-16(15-34-18-4-2-1-3-5-18)8-11-28-12-9-17(29)10-13-28/h1-7,14,16-17,27,29H,8-13,15H2,(H2,26,32,33)/t16-/m1/s1. The van der Waals surface area contributed by atoms with Gasteiger partial charge < -0.3 is 15.3 Å². The number of aliphatic hydroxyl groups is 1. The highest BCUT2D eigenvalue weighted by Crippen LogP contribution is 2.36. The minimum atomic E-state index is -5.87. The fourth-order valence-corrected chi connectivity index (χ4v) is 6.31. The third kappa shape index (κ3) is 7.59. The van der Waals surface area contributed by atoms with Crippen LogP contribution in [0.25, 0.3) is 0 Å². The lowest BCUT2D eigenvalue weighted by molar-refractivity contribution is -0.0435. The van der Waals surface area contributed by atoms with Crippen molar-refractivity contribution in [2.24, 2.45) is 5.14 Å². The summed E-state index contributed by atoms with van der Waals surface area (Å²) in [6.07, 6.45) is 1.37. The number of sulfonamides is 1. The molecular weight excluding hydrogens is 539 g/mol. The lowest BCUT2D eigenvalue weighted by Gasteiger charge is -2.31. The molecule has 1 aliphatic heterocycles. The number of halogens is 3. The van der Waals surface area contributed by atoms with Crippen molar-refractivity contribution < 1.29 is 35.1 Å². The number of benzene rings is 2. The number of piperidine rings is 1. The molecular formula is C22H28F3N3O5S3. The molecule has 1 fully saturated rings. The van der Waals surface area contributed by atoms with Crippen LogP contribution in [0.4, 0.5) is 18.9 Å². The van der Waals surface area contributed by atoms with Crippen LogP contribution in [0.1, 0.15) is 19.3 Å². The van der Waals surface area contributed by atoms with Gasteiger partial charge in [0, 0.05) is 36.3 Å². The normalized spacial score (nSPS) is 17.1. The van der Waals surface area contributed by atoms with Crippen molar-refractivity contribution in [2.75, 3.05) is 30.7 Å². The molecule has 0 spiro atoms. The SMILES string of the molecule is NS(=O)(=O)c1ccc(N[C@H](CCN2CCC(O)CC2)CSc2ccccc2)c(S(=O)(=O)C(F)(F)F)c1. The summed E-state index contributed by atoms with van der Waals surface area (Å²) < 4.78 is 88.3. The Labute approximate surface area is 213 Å². The molecule has 4 N–H and O–H groups in total. The second-order valence-electron chi connectivity index (χ2n) is 8.48. The summed E-state index contributed by atoms with van der Waals surface area (Å²) in [4.78, 5) is 1.12. The molecule has 36 heavy (non-hydrogen) atoms. The molecule has 1 heterocycles. The van der Waals surface area contributed by atoms with Crippen molar-refractivity contribution in [1.29, 1.82) is 0 Å². The lowest BCUT2D eigenvalue weighted by Crippen LogP contribution is -2.38. The Morgan fingerprint density at radius 1 is 1.08 bits per heavy atom. The van der Waals surface area contributed by atoms with E-state index in [2.05, 4.69) is 10.2 Å². The molecule has 0 aromatic heterocycles. The Morgan fingerprint density at radius 3 is 2.31 bits per heavy atom. The molecule has 0 bridgehead atoms. The second-order valence-corrected chi connectivity index (χ2v) is 13.0. The van der Waals surface area contributed by atoms with E-state index in [0.717, 1.165) is 17.0 Å². The number of nitrogens with two attached hydrogens (primary N) is 1. The van der Waals surface area contributed by atoms with E-state index in [-0.39, 0.29) is 11.8 Å². The van der Waals surface area contributed by atoms with Gasteiger partial charge in [-0.25, -0.2) is 22.0 Å². The maximum atomic E-state index is 13.4. The molecule has 1 atom stereocenters. The Hall–Kier alpha value is -1.84. The molecule has 1 aliphatic rings. The number of hydrogen-bond donors (Lipinski definition) is 3. The minimum Gasteiger partial charge on any atom is -0.393 e. The fraction of sp³-hybridized carbons (Fsp3) is 0.455. The Balaban J connectivity index is 1.89. The minimum absolute atomic E-state index is 0.351. The summed E-state index contributed by atoms with van der Waals surface area (Å²) in [6, 6.07) is 11.3. The molecule has 2 aromatic rings. The van der Waals surface area contributed by atoms with Crippen LogP contribution in [-0.2, 0) is 19.9 Å². The number of sulfone groups is 1. The first kappa shape index (κ1) is 28.7. The Bertz CT molecular complexity index is 1230. The molecule has 0 aliphatic carbocycles. The molecule has 1 saturated heterocycles. The van der Waals surface area contributed by atoms with Gasteiger partial charge in [0.25, 0.3) is 9.84 Å². The van der Waals surface area contributed by atoms with Crippen molar-refractivity contribution in [1.82, 2.24) is 4.90 Å². The molecule has 3 rings (SSSR count). The number of aliphatic hydroxyl groups excluding tert-OH is 1. The number of nitrogens with one attached hydrogen (secondary N) is 1. The number of primary sulfonamides is 1. The van der Waals surface area contributed by atoms with E-state index in [0.29, 0.717) is 50.7 Å². The molecule has 8 nitrogen and oxygen atoms in total.